The third kappa shape index (κ3) is 3.91. The SMILES string of the molecule is CCOP(=O)(O)COc1ccccc1O. The summed E-state index contributed by atoms with van der Waals surface area (Å²) in [5.74, 6) is 0.0838. The molecule has 0 fully saturated rings. The molecule has 0 saturated heterocycles. The van der Waals surface area contributed by atoms with E-state index in [9.17, 15) is 14.6 Å². The molecule has 0 bridgehead atoms. The van der Waals surface area contributed by atoms with Crippen molar-refractivity contribution in [3.05, 3.63) is 24.3 Å². The minimum Gasteiger partial charge on any atom is -0.504 e. The van der Waals surface area contributed by atoms with Crippen LogP contribution >= 0.6 is 7.60 Å². The zero-order chi connectivity index (χ0) is 11.3. The van der Waals surface area contributed by atoms with Crippen LogP contribution < -0.4 is 4.74 Å². The highest BCUT2D eigenvalue weighted by molar-refractivity contribution is 7.52. The summed E-state index contributed by atoms with van der Waals surface area (Å²) in [5.41, 5.74) is 0. The fourth-order valence-corrected chi connectivity index (χ4v) is 1.75. The zero-order valence-corrected chi connectivity index (χ0v) is 9.18. The van der Waals surface area contributed by atoms with E-state index < -0.39 is 13.9 Å². The predicted octanol–water partition coefficient (Wildman–Crippen LogP) is 1.95. The number of rotatable bonds is 5. The topological polar surface area (TPSA) is 76.0 Å². The van der Waals surface area contributed by atoms with Crippen molar-refractivity contribution in [2.45, 2.75) is 6.92 Å². The van der Waals surface area contributed by atoms with Gasteiger partial charge in [-0.2, -0.15) is 0 Å². The van der Waals surface area contributed by atoms with E-state index in [1.54, 1.807) is 19.1 Å². The average Bonchev–Trinajstić information content (AvgIpc) is 2.16. The summed E-state index contributed by atoms with van der Waals surface area (Å²) >= 11 is 0. The van der Waals surface area contributed by atoms with E-state index in [-0.39, 0.29) is 18.1 Å². The molecule has 0 spiro atoms. The second kappa shape index (κ2) is 5.16. The number of aromatic hydroxyl groups is 1. The lowest BCUT2D eigenvalue weighted by molar-refractivity contribution is 0.238. The fraction of sp³-hybridized carbons (Fsp3) is 0.333. The van der Waals surface area contributed by atoms with Crippen molar-refractivity contribution in [1.29, 1.82) is 0 Å². The van der Waals surface area contributed by atoms with E-state index in [0.717, 1.165) is 0 Å². The lowest BCUT2D eigenvalue weighted by Gasteiger charge is -2.12. The summed E-state index contributed by atoms with van der Waals surface area (Å²) in [6.07, 6.45) is -0.474. The van der Waals surface area contributed by atoms with E-state index in [0.29, 0.717) is 0 Å². The number of para-hydroxylation sites is 2. The first kappa shape index (κ1) is 12.0. The molecule has 0 heterocycles. The smallest absolute Gasteiger partial charge is 0.365 e. The van der Waals surface area contributed by atoms with Gasteiger partial charge >= 0.3 is 7.60 Å². The summed E-state index contributed by atoms with van der Waals surface area (Å²) in [6, 6.07) is 6.21. The van der Waals surface area contributed by atoms with Gasteiger partial charge in [0.1, 0.15) is 0 Å². The quantitative estimate of drug-likeness (QED) is 0.759. The van der Waals surface area contributed by atoms with Gasteiger partial charge in [-0.1, -0.05) is 12.1 Å². The predicted molar refractivity (Wildman–Crippen MR) is 55.1 cm³/mol. The van der Waals surface area contributed by atoms with Crippen molar-refractivity contribution in [3.63, 3.8) is 0 Å². The molecule has 1 atom stereocenters. The number of ether oxygens (including phenoxy) is 1. The first-order chi connectivity index (χ1) is 7.05. The molecule has 1 aromatic carbocycles. The summed E-state index contributed by atoms with van der Waals surface area (Å²) in [5, 5.41) is 9.30. The molecule has 15 heavy (non-hydrogen) atoms. The molecule has 2 N–H and O–H groups in total. The molecule has 6 heteroatoms. The Labute approximate surface area is 87.8 Å². The summed E-state index contributed by atoms with van der Waals surface area (Å²) in [4.78, 5) is 9.19. The van der Waals surface area contributed by atoms with Gasteiger partial charge in [0.25, 0.3) is 0 Å². The molecule has 0 aliphatic heterocycles. The van der Waals surface area contributed by atoms with Crippen LogP contribution in [0.5, 0.6) is 11.5 Å². The van der Waals surface area contributed by atoms with Crippen LogP contribution in [-0.4, -0.2) is 23.0 Å². The molecule has 1 rings (SSSR count). The molecule has 0 aromatic heterocycles. The summed E-state index contributed by atoms with van der Waals surface area (Å²) in [7, 11) is -3.71. The molecule has 1 unspecified atom stereocenters. The van der Waals surface area contributed by atoms with Crippen molar-refractivity contribution in [3.8, 4) is 11.5 Å². The van der Waals surface area contributed by atoms with Gasteiger partial charge in [0.15, 0.2) is 17.8 Å². The molecular weight excluding hydrogens is 219 g/mol. The maximum absolute atomic E-state index is 11.2. The lowest BCUT2D eigenvalue weighted by Crippen LogP contribution is -2.01. The Hall–Kier alpha value is -1.03. The van der Waals surface area contributed by atoms with E-state index >= 15 is 0 Å². The summed E-state index contributed by atoms with van der Waals surface area (Å²) < 4.78 is 20.8. The Morgan fingerprint density at radius 2 is 2.07 bits per heavy atom. The lowest BCUT2D eigenvalue weighted by atomic mass is 10.3. The van der Waals surface area contributed by atoms with Gasteiger partial charge in [-0.25, -0.2) is 0 Å². The number of phenolic OH excluding ortho intramolecular Hbond substituents is 1. The van der Waals surface area contributed by atoms with Crippen molar-refractivity contribution < 1.29 is 23.8 Å². The number of benzene rings is 1. The van der Waals surface area contributed by atoms with Crippen LogP contribution in [0.4, 0.5) is 0 Å². The van der Waals surface area contributed by atoms with Crippen molar-refractivity contribution in [2.75, 3.05) is 13.0 Å². The van der Waals surface area contributed by atoms with Crippen LogP contribution in [0.25, 0.3) is 0 Å². The minimum absolute atomic E-state index is 0.0750. The van der Waals surface area contributed by atoms with Gasteiger partial charge in [-0.3, -0.25) is 4.57 Å². The van der Waals surface area contributed by atoms with Crippen molar-refractivity contribution in [1.82, 2.24) is 0 Å². The van der Waals surface area contributed by atoms with Gasteiger partial charge in [0, 0.05) is 0 Å². The highest BCUT2D eigenvalue weighted by Crippen LogP contribution is 2.42. The molecule has 5 nitrogen and oxygen atoms in total. The fourth-order valence-electron chi connectivity index (χ4n) is 0.969. The third-order valence-corrected chi connectivity index (χ3v) is 2.70. The van der Waals surface area contributed by atoms with Crippen LogP contribution in [-0.2, 0) is 9.09 Å². The van der Waals surface area contributed by atoms with E-state index in [4.69, 9.17) is 4.74 Å². The van der Waals surface area contributed by atoms with Crippen molar-refractivity contribution >= 4 is 7.60 Å². The molecule has 0 aliphatic rings. The van der Waals surface area contributed by atoms with Gasteiger partial charge in [0.2, 0.25) is 0 Å². The third-order valence-electron chi connectivity index (χ3n) is 1.58. The van der Waals surface area contributed by atoms with Gasteiger partial charge in [0.05, 0.1) is 6.61 Å². The Bertz CT molecular complexity index is 365. The van der Waals surface area contributed by atoms with Crippen LogP contribution in [0.15, 0.2) is 24.3 Å². The Morgan fingerprint density at radius 3 is 2.67 bits per heavy atom. The maximum atomic E-state index is 11.2. The van der Waals surface area contributed by atoms with E-state index in [1.165, 1.54) is 12.1 Å². The molecule has 84 valence electrons. The number of hydrogen-bond acceptors (Lipinski definition) is 4. The average molecular weight is 232 g/mol. The summed E-state index contributed by atoms with van der Waals surface area (Å²) in [6.45, 7) is 1.75. The number of hydrogen-bond donors (Lipinski definition) is 2. The largest absolute Gasteiger partial charge is 0.504 e. The second-order valence-corrected chi connectivity index (χ2v) is 4.59. The van der Waals surface area contributed by atoms with Gasteiger partial charge in [-0.05, 0) is 19.1 Å². The van der Waals surface area contributed by atoms with Crippen LogP contribution in [0.2, 0.25) is 0 Å². The standard InChI is InChI=1S/C9H13O5P/c1-2-14-15(11,12)7-13-9-6-4-3-5-8(9)10/h3-6,10H,2,7H2,1H3,(H,11,12). The molecule has 0 amide bonds. The second-order valence-electron chi connectivity index (χ2n) is 2.80. The first-order valence-electron chi connectivity index (χ1n) is 4.42. The van der Waals surface area contributed by atoms with Crippen LogP contribution in [0.1, 0.15) is 6.92 Å². The normalized spacial score (nSPS) is 14.5. The van der Waals surface area contributed by atoms with Crippen molar-refractivity contribution in [2.24, 2.45) is 0 Å². The molecule has 0 aliphatic carbocycles. The highest BCUT2D eigenvalue weighted by Gasteiger charge is 2.20. The Kier molecular flexibility index (Phi) is 4.15. The Morgan fingerprint density at radius 1 is 1.40 bits per heavy atom. The Balaban J connectivity index is 2.58. The van der Waals surface area contributed by atoms with E-state index in [1.807, 2.05) is 0 Å². The zero-order valence-electron chi connectivity index (χ0n) is 8.29. The maximum Gasteiger partial charge on any atom is 0.365 e. The molecular formula is C9H13O5P. The number of phenols is 1. The van der Waals surface area contributed by atoms with Gasteiger partial charge < -0.3 is 19.3 Å². The molecule has 1 aromatic rings. The monoisotopic (exact) mass is 232 g/mol. The highest BCUT2D eigenvalue weighted by atomic mass is 31.2. The molecule has 0 radical (unpaired) electrons. The van der Waals surface area contributed by atoms with Gasteiger partial charge in [-0.15, -0.1) is 0 Å². The first-order valence-corrected chi connectivity index (χ1v) is 6.18. The van der Waals surface area contributed by atoms with Crippen LogP contribution in [0, 0.1) is 0 Å². The minimum atomic E-state index is -3.71. The van der Waals surface area contributed by atoms with E-state index in [2.05, 4.69) is 4.52 Å². The van der Waals surface area contributed by atoms with Crippen LogP contribution in [0.3, 0.4) is 0 Å². The molecule has 0 saturated carbocycles.